The van der Waals surface area contributed by atoms with Crippen molar-refractivity contribution in [3.05, 3.63) is 11.6 Å². The van der Waals surface area contributed by atoms with E-state index >= 15 is 0 Å². The maximum atomic E-state index is 11.7. The molecule has 2 aliphatic carbocycles. The molecule has 5 unspecified atom stereocenters. The van der Waals surface area contributed by atoms with Crippen molar-refractivity contribution in [1.29, 1.82) is 0 Å². The van der Waals surface area contributed by atoms with Crippen molar-refractivity contribution in [1.82, 2.24) is 0 Å². The first-order chi connectivity index (χ1) is 8.74. The Hall–Kier alpha value is -0.710. The van der Waals surface area contributed by atoms with Crippen LogP contribution in [0.4, 0.5) is 0 Å². The van der Waals surface area contributed by atoms with E-state index in [1.54, 1.807) is 13.0 Å². The molecule has 1 saturated carbocycles. The Balaban J connectivity index is 2.30. The van der Waals surface area contributed by atoms with Gasteiger partial charge in [0.25, 0.3) is 0 Å². The highest BCUT2D eigenvalue weighted by Gasteiger charge is 2.53. The number of allylic oxidation sites excluding steroid dienone is 1. The van der Waals surface area contributed by atoms with Crippen LogP contribution in [0.25, 0.3) is 0 Å². The minimum atomic E-state index is -1.09. The van der Waals surface area contributed by atoms with Crippen molar-refractivity contribution in [3.8, 4) is 0 Å². The lowest BCUT2D eigenvalue weighted by molar-refractivity contribution is -0.128. The fourth-order valence-corrected chi connectivity index (χ4v) is 3.86. The summed E-state index contributed by atoms with van der Waals surface area (Å²) in [5, 5.41) is 29.6. The molecule has 19 heavy (non-hydrogen) atoms. The first-order valence-electron chi connectivity index (χ1n) is 6.98. The standard InChI is InChI=1S/C15H24O4/c1-9-6-12(17)13(18)10(2)15(9)5-4-11(7-15)14(3,19)8-16/h6,10-11,13,16,18-19H,4-5,7-8H2,1-3H3. The third-order valence-corrected chi connectivity index (χ3v) is 5.53. The van der Waals surface area contributed by atoms with Crippen LogP contribution in [0.15, 0.2) is 11.6 Å². The van der Waals surface area contributed by atoms with Crippen LogP contribution >= 0.6 is 0 Å². The maximum Gasteiger partial charge on any atom is 0.184 e. The summed E-state index contributed by atoms with van der Waals surface area (Å²) in [6.45, 7) is 5.25. The number of hydrogen-bond acceptors (Lipinski definition) is 4. The summed E-state index contributed by atoms with van der Waals surface area (Å²) in [4.78, 5) is 11.7. The molecule has 3 N–H and O–H groups in total. The number of carbonyl (C=O) groups excluding carboxylic acids is 1. The molecule has 0 amide bonds. The van der Waals surface area contributed by atoms with Gasteiger partial charge >= 0.3 is 0 Å². The van der Waals surface area contributed by atoms with Crippen LogP contribution in [0, 0.1) is 17.3 Å². The topological polar surface area (TPSA) is 77.8 Å². The van der Waals surface area contributed by atoms with Gasteiger partial charge in [0.05, 0.1) is 12.2 Å². The van der Waals surface area contributed by atoms with E-state index in [2.05, 4.69) is 0 Å². The molecule has 2 aliphatic rings. The Morgan fingerprint density at radius 2 is 2.16 bits per heavy atom. The Morgan fingerprint density at radius 3 is 2.74 bits per heavy atom. The van der Waals surface area contributed by atoms with E-state index in [1.807, 2.05) is 13.8 Å². The highest BCUT2D eigenvalue weighted by Crippen LogP contribution is 2.56. The molecule has 0 saturated heterocycles. The number of rotatable bonds is 2. The third kappa shape index (κ3) is 2.16. The van der Waals surface area contributed by atoms with Crippen molar-refractivity contribution in [2.75, 3.05) is 6.61 Å². The second-order valence-electron chi connectivity index (χ2n) is 6.57. The van der Waals surface area contributed by atoms with Crippen LogP contribution in [-0.2, 0) is 4.79 Å². The average molecular weight is 268 g/mol. The lowest BCUT2D eigenvalue weighted by Crippen LogP contribution is -2.45. The normalized spacial score (nSPS) is 42.3. The number of aliphatic hydroxyl groups is 3. The molecule has 2 rings (SSSR count). The lowest BCUT2D eigenvalue weighted by Gasteiger charge is -2.43. The molecule has 108 valence electrons. The molecule has 0 aromatic carbocycles. The Bertz CT molecular complexity index is 412. The van der Waals surface area contributed by atoms with Crippen LogP contribution in [-0.4, -0.2) is 39.4 Å². The first kappa shape index (κ1) is 14.7. The summed E-state index contributed by atoms with van der Waals surface area (Å²) >= 11 is 0. The van der Waals surface area contributed by atoms with Gasteiger partial charge in [-0.3, -0.25) is 4.79 Å². The summed E-state index contributed by atoms with van der Waals surface area (Å²) in [5.41, 5.74) is -0.292. The molecule has 0 aromatic heterocycles. The molecule has 0 radical (unpaired) electrons. The molecule has 0 bridgehead atoms. The SMILES string of the molecule is CC1=CC(=O)C(O)C(C)C12CCC(C(C)(O)CO)C2. The van der Waals surface area contributed by atoms with Gasteiger partial charge in [-0.25, -0.2) is 0 Å². The van der Waals surface area contributed by atoms with Gasteiger partial charge in [-0.1, -0.05) is 12.5 Å². The van der Waals surface area contributed by atoms with Crippen molar-refractivity contribution in [3.63, 3.8) is 0 Å². The Kier molecular flexibility index (Phi) is 3.62. The van der Waals surface area contributed by atoms with Gasteiger partial charge in [0, 0.05) is 0 Å². The van der Waals surface area contributed by atoms with Crippen LogP contribution < -0.4 is 0 Å². The summed E-state index contributed by atoms with van der Waals surface area (Å²) in [5.74, 6) is -0.346. The van der Waals surface area contributed by atoms with Crippen LogP contribution in [0.2, 0.25) is 0 Å². The van der Waals surface area contributed by atoms with E-state index in [9.17, 15) is 20.1 Å². The minimum Gasteiger partial charge on any atom is -0.393 e. The molecule has 4 nitrogen and oxygen atoms in total. The van der Waals surface area contributed by atoms with Crippen molar-refractivity contribution >= 4 is 5.78 Å². The quantitative estimate of drug-likeness (QED) is 0.699. The molecule has 0 aromatic rings. The minimum absolute atomic E-state index is 0.00343. The van der Waals surface area contributed by atoms with Gasteiger partial charge in [0.2, 0.25) is 0 Å². The summed E-state index contributed by atoms with van der Waals surface area (Å²) < 4.78 is 0. The van der Waals surface area contributed by atoms with E-state index in [1.165, 1.54) is 0 Å². The smallest absolute Gasteiger partial charge is 0.184 e. The predicted octanol–water partition coefficient (Wildman–Crippen LogP) is 1.04. The van der Waals surface area contributed by atoms with Gasteiger partial charge in [0.15, 0.2) is 5.78 Å². The lowest BCUT2D eigenvalue weighted by atomic mass is 9.63. The van der Waals surface area contributed by atoms with E-state index in [0.29, 0.717) is 6.42 Å². The average Bonchev–Trinajstić information content (AvgIpc) is 2.82. The largest absolute Gasteiger partial charge is 0.393 e. The fraction of sp³-hybridized carbons (Fsp3) is 0.800. The van der Waals surface area contributed by atoms with E-state index in [0.717, 1.165) is 18.4 Å². The molecular formula is C15H24O4. The molecule has 0 heterocycles. The molecule has 1 fully saturated rings. The first-order valence-corrected chi connectivity index (χ1v) is 6.98. The molecule has 1 spiro atoms. The van der Waals surface area contributed by atoms with Crippen molar-refractivity contribution in [2.24, 2.45) is 17.3 Å². The molecule has 0 aliphatic heterocycles. The second kappa shape index (κ2) is 4.69. The number of carbonyl (C=O) groups is 1. The molecule has 5 atom stereocenters. The van der Waals surface area contributed by atoms with Crippen LogP contribution in [0.3, 0.4) is 0 Å². The Morgan fingerprint density at radius 1 is 1.53 bits per heavy atom. The number of hydrogen-bond donors (Lipinski definition) is 3. The van der Waals surface area contributed by atoms with Gasteiger partial charge in [-0.2, -0.15) is 0 Å². The zero-order chi connectivity index (χ0) is 14.4. The van der Waals surface area contributed by atoms with Gasteiger partial charge in [-0.05, 0) is 56.4 Å². The summed E-state index contributed by atoms with van der Waals surface area (Å²) in [6.07, 6.45) is 2.99. The van der Waals surface area contributed by atoms with Crippen LogP contribution in [0.5, 0.6) is 0 Å². The fourth-order valence-electron chi connectivity index (χ4n) is 3.86. The third-order valence-electron chi connectivity index (χ3n) is 5.53. The van der Waals surface area contributed by atoms with Crippen LogP contribution in [0.1, 0.15) is 40.0 Å². The Labute approximate surface area is 114 Å². The monoisotopic (exact) mass is 268 g/mol. The number of ketones is 1. The van der Waals surface area contributed by atoms with Crippen molar-refractivity contribution < 1.29 is 20.1 Å². The van der Waals surface area contributed by atoms with Gasteiger partial charge in [-0.15, -0.1) is 0 Å². The van der Waals surface area contributed by atoms with E-state index in [-0.39, 0.29) is 29.6 Å². The molecular weight excluding hydrogens is 244 g/mol. The number of aliphatic hydroxyl groups excluding tert-OH is 2. The zero-order valence-corrected chi connectivity index (χ0v) is 11.9. The molecule has 4 heteroatoms. The summed E-state index contributed by atoms with van der Waals surface area (Å²) in [6, 6.07) is 0. The van der Waals surface area contributed by atoms with Gasteiger partial charge < -0.3 is 15.3 Å². The van der Waals surface area contributed by atoms with E-state index in [4.69, 9.17) is 0 Å². The second-order valence-corrected chi connectivity index (χ2v) is 6.57. The predicted molar refractivity (Wildman–Crippen MR) is 71.4 cm³/mol. The zero-order valence-electron chi connectivity index (χ0n) is 11.9. The maximum absolute atomic E-state index is 11.7. The highest BCUT2D eigenvalue weighted by molar-refractivity contribution is 5.95. The van der Waals surface area contributed by atoms with Crippen molar-refractivity contribution in [2.45, 2.75) is 51.7 Å². The highest BCUT2D eigenvalue weighted by atomic mass is 16.3. The van der Waals surface area contributed by atoms with E-state index < -0.39 is 11.7 Å². The summed E-state index contributed by atoms with van der Waals surface area (Å²) in [7, 11) is 0. The van der Waals surface area contributed by atoms with Gasteiger partial charge in [0.1, 0.15) is 6.10 Å².